The molecule has 1 rings (SSSR count). The summed E-state index contributed by atoms with van der Waals surface area (Å²) < 4.78 is 58.6. The van der Waals surface area contributed by atoms with Gasteiger partial charge in [0.25, 0.3) is 0 Å². The van der Waals surface area contributed by atoms with Crippen LogP contribution in [-0.2, 0) is 10.2 Å². The Labute approximate surface area is 184 Å². The van der Waals surface area contributed by atoms with Crippen LogP contribution in [0.2, 0.25) is 0 Å². The molecule has 0 saturated carbocycles. The third-order valence-corrected chi connectivity index (χ3v) is 6.67. The van der Waals surface area contributed by atoms with Crippen LogP contribution in [0.4, 0.5) is 14.6 Å². The van der Waals surface area contributed by atoms with Gasteiger partial charge in [0.1, 0.15) is 18.0 Å². The van der Waals surface area contributed by atoms with Crippen molar-refractivity contribution in [1.82, 2.24) is 14.3 Å². The fourth-order valence-corrected chi connectivity index (χ4v) is 3.64. The first-order valence-electron chi connectivity index (χ1n) is 9.03. The molecule has 0 unspecified atom stereocenters. The van der Waals surface area contributed by atoms with E-state index in [0.29, 0.717) is 4.41 Å². The van der Waals surface area contributed by atoms with E-state index in [2.05, 4.69) is 16.5 Å². The molecule has 0 bridgehead atoms. The van der Waals surface area contributed by atoms with Crippen LogP contribution in [0.15, 0.2) is 35.0 Å². The Bertz CT molecular complexity index is 912. The number of ether oxygens (including phenoxy) is 1. The zero-order valence-electron chi connectivity index (χ0n) is 17.6. The molecule has 0 aromatic carbocycles. The number of nitrogens with zero attached hydrogens (tertiary/aromatic N) is 4. The molecular formula is C17H27F2N5O5S2. The largest absolute Gasteiger partial charge is 0.472 e. The summed E-state index contributed by atoms with van der Waals surface area (Å²) in [7, 11) is -2.79. The minimum atomic E-state index is -4.12. The van der Waals surface area contributed by atoms with Crippen LogP contribution < -0.4 is 15.0 Å². The van der Waals surface area contributed by atoms with Crippen molar-refractivity contribution >= 4 is 27.8 Å². The van der Waals surface area contributed by atoms with Gasteiger partial charge in [-0.15, -0.1) is 0 Å². The molecule has 14 heteroatoms. The summed E-state index contributed by atoms with van der Waals surface area (Å²) in [6.45, 7) is 7.03. The molecule has 0 spiro atoms. The Morgan fingerprint density at radius 2 is 2.03 bits per heavy atom. The second kappa shape index (κ2) is 11.7. The smallest absolute Gasteiger partial charge is 0.318 e. The molecule has 1 aromatic rings. The van der Waals surface area contributed by atoms with Gasteiger partial charge in [0.2, 0.25) is 5.88 Å². The SMILES string of the molecule is C=C(CSc1nc(O[C@H](C)[C@@H](O)CO)cc(N(N)S(=O)(=O)N(C)CC)n1)/C(F)=C(\C)F. The molecule has 0 aliphatic heterocycles. The molecule has 0 fully saturated rings. The Kier molecular flexibility index (Phi) is 10.3. The highest BCUT2D eigenvalue weighted by Gasteiger charge is 2.27. The Balaban J connectivity index is 3.30. The first-order chi connectivity index (χ1) is 14.3. The van der Waals surface area contributed by atoms with Crippen molar-refractivity contribution in [3.05, 3.63) is 29.9 Å². The Hall–Kier alpha value is -1.84. The summed E-state index contributed by atoms with van der Waals surface area (Å²) in [6.07, 6.45) is -2.14. The van der Waals surface area contributed by atoms with Gasteiger partial charge in [-0.05, 0) is 19.4 Å². The van der Waals surface area contributed by atoms with E-state index in [1.807, 2.05) is 0 Å². The molecule has 0 amide bonds. The summed E-state index contributed by atoms with van der Waals surface area (Å²) in [4.78, 5) is 8.12. The minimum Gasteiger partial charge on any atom is -0.472 e. The number of hydrazine groups is 1. The van der Waals surface area contributed by atoms with Crippen LogP contribution in [0.5, 0.6) is 5.88 Å². The van der Waals surface area contributed by atoms with Crippen molar-refractivity contribution in [2.24, 2.45) is 5.84 Å². The second-order valence-corrected chi connectivity index (χ2v) is 9.23. The van der Waals surface area contributed by atoms with Crippen molar-refractivity contribution < 1.29 is 32.1 Å². The maximum Gasteiger partial charge on any atom is 0.318 e. The molecule has 1 heterocycles. The summed E-state index contributed by atoms with van der Waals surface area (Å²) in [5, 5.41) is 18.7. The molecule has 176 valence electrons. The number of hydrogen-bond donors (Lipinski definition) is 3. The van der Waals surface area contributed by atoms with Gasteiger partial charge in [-0.25, -0.2) is 19.6 Å². The van der Waals surface area contributed by atoms with E-state index < -0.39 is 40.7 Å². The maximum absolute atomic E-state index is 13.7. The topological polar surface area (TPSA) is 142 Å². The number of anilines is 1. The first-order valence-corrected chi connectivity index (χ1v) is 11.4. The zero-order valence-corrected chi connectivity index (χ0v) is 19.3. The van der Waals surface area contributed by atoms with Crippen LogP contribution in [-0.4, -0.2) is 71.1 Å². The lowest BCUT2D eigenvalue weighted by Gasteiger charge is -2.24. The van der Waals surface area contributed by atoms with E-state index >= 15 is 0 Å². The van der Waals surface area contributed by atoms with Gasteiger partial charge in [-0.2, -0.15) is 22.1 Å². The van der Waals surface area contributed by atoms with Crippen molar-refractivity contribution in [3.8, 4) is 5.88 Å². The monoisotopic (exact) mass is 483 g/mol. The van der Waals surface area contributed by atoms with E-state index in [1.165, 1.54) is 14.0 Å². The molecule has 0 aliphatic carbocycles. The van der Waals surface area contributed by atoms with Crippen molar-refractivity contribution in [2.45, 2.75) is 38.1 Å². The highest BCUT2D eigenvalue weighted by molar-refractivity contribution is 7.99. The van der Waals surface area contributed by atoms with Crippen LogP contribution in [0, 0.1) is 0 Å². The number of rotatable bonds is 12. The van der Waals surface area contributed by atoms with E-state index in [1.54, 1.807) is 6.92 Å². The van der Waals surface area contributed by atoms with Gasteiger partial charge in [0, 0.05) is 25.4 Å². The molecule has 10 nitrogen and oxygen atoms in total. The van der Waals surface area contributed by atoms with Gasteiger partial charge in [-0.1, -0.05) is 25.3 Å². The van der Waals surface area contributed by atoms with Gasteiger partial charge in [0.05, 0.1) is 6.61 Å². The van der Waals surface area contributed by atoms with Gasteiger partial charge < -0.3 is 14.9 Å². The Morgan fingerprint density at radius 3 is 2.55 bits per heavy atom. The third-order valence-electron chi connectivity index (χ3n) is 4.01. The van der Waals surface area contributed by atoms with Crippen LogP contribution in [0.3, 0.4) is 0 Å². The van der Waals surface area contributed by atoms with E-state index in [-0.39, 0.29) is 34.7 Å². The average molecular weight is 484 g/mol. The minimum absolute atomic E-state index is 0.0616. The summed E-state index contributed by atoms with van der Waals surface area (Å²) in [6, 6.07) is 1.13. The normalized spacial score (nSPS) is 14.8. The lowest BCUT2D eigenvalue weighted by atomic mass is 10.2. The summed E-state index contributed by atoms with van der Waals surface area (Å²) in [5.74, 6) is 3.08. The maximum atomic E-state index is 13.7. The standard InChI is InChI=1S/C17H27F2N5O5S2/c1-6-23(5)31(27,28)24(20)14-7-15(29-12(4)13(26)8-25)22-17(21-14)30-9-10(2)16(19)11(3)18/h7,12-13,25-26H,2,6,8-9,20H2,1,3-5H3/b16-11-/t12-,13+/m1/s1. The van der Waals surface area contributed by atoms with E-state index in [4.69, 9.17) is 15.7 Å². The lowest BCUT2D eigenvalue weighted by Crippen LogP contribution is -2.46. The predicted molar refractivity (Wildman–Crippen MR) is 114 cm³/mol. The molecule has 0 radical (unpaired) electrons. The van der Waals surface area contributed by atoms with Crippen molar-refractivity contribution in [1.29, 1.82) is 0 Å². The Morgan fingerprint density at radius 1 is 1.42 bits per heavy atom. The lowest BCUT2D eigenvalue weighted by molar-refractivity contribution is 0.00598. The summed E-state index contributed by atoms with van der Waals surface area (Å²) in [5.41, 5.74) is -0.159. The molecule has 1 aromatic heterocycles. The summed E-state index contributed by atoms with van der Waals surface area (Å²) >= 11 is 0.841. The number of nitrogens with two attached hydrogens (primary N) is 1. The molecule has 0 saturated heterocycles. The number of aliphatic hydroxyl groups is 2. The van der Waals surface area contributed by atoms with Crippen molar-refractivity contribution in [2.75, 3.05) is 30.4 Å². The molecule has 4 N–H and O–H groups in total. The van der Waals surface area contributed by atoms with Gasteiger partial charge in [-0.3, -0.25) is 0 Å². The second-order valence-electron chi connectivity index (χ2n) is 6.38. The fraction of sp³-hybridized carbons (Fsp3) is 0.529. The van der Waals surface area contributed by atoms with Crippen molar-refractivity contribution in [3.63, 3.8) is 0 Å². The van der Waals surface area contributed by atoms with E-state index in [9.17, 15) is 22.3 Å². The fourth-order valence-electron chi connectivity index (χ4n) is 1.94. The number of aromatic nitrogens is 2. The molecule has 0 aliphatic rings. The number of hydrogen-bond acceptors (Lipinski definition) is 9. The number of thioether (sulfide) groups is 1. The highest BCUT2D eigenvalue weighted by Crippen LogP contribution is 2.28. The third kappa shape index (κ3) is 7.36. The average Bonchev–Trinajstić information content (AvgIpc) is 2.74. The van der Waals surface area contributed by atoms with E-state index in [0.717, 1.165) is 29.1 Å². The van der Waals surface area contributed by atoms with Gasteiger partial charge in [0.15, 0.2) is 16.8 Å². The highest BCUT2D eigenvalue weighted by atomic mass is 32.2. The van der Waals surface area contributed by atoms with Crippen LogP contribution in [0.1, 0.15) is 20.8 Å². The quantitative estimate of drug-likeness (QED) is 0.132. The molecule has 2 atom stereocenters. The van der Waals surface area contributed by atoms with Crippen LogP contribution in [0.25, 0.3) is 0 Å². The molecule has 31 heavy (non-hydrogen) atoms. The zero-order chi connectivity index (χ0) is 23.9. The molecular weight excluding hydrogens is 456 g/mol. The van der Waals surface area contributed by atoms with Crippen LogP contribution >= 0.6 is 11.8 Å². The number of allylic oxidation sites excluding steroid dienone is 2. The number of aliphatic hydroxyl groups excluding tert-OH is 2. The number of halogens is 2. The predicted octanol–water partition coefficient (Wildman–Crippen LogP) is 1.29. The first kappa shape index (κ1) is 27.2. The van der Waals surface area contributed by atoms with Gasteiger partial charge >= 0.3 is 10.2 Å².